The van der Waals surface area contributed by atoms with Gasteiger partial charge in [0.1, 0.15) is 5.52 Å². The predicted octanol–water partition coefficient (Wildman–Crippen LogP) is 2.15. The molecule has 5 nitrogen and oxygen atoms in total. The maximum atomic E-state index is 11.1. The van der Waals surface area contributed by atoms with E-state index in [9.17, 15) is 9.90 Å². The number of carbonyl (C=O) groups is 1. The molecule has 120 valence electrons. The van der Waals surface area contributed by atoms with Crippen molar-refractivity contribution in [3.05, 3.63) is 53.1 Å². The molecule has 6 heteroatoms. The Bertz CT molecular complexity index is 825. The van der Waals surface area contributed by atoms with E-state index in [4.69, 9.17) is 16.0 Å². The molecule has 0 atom stereocenters. The van der Waals surface area contributed by atoms with Crippen molar-refractivity contribution in [2.45, 2.75) is 19.9 Å². The van der Waals surface area contributed by atoms with Crippen LogP contribution in [0.25, 0.3) is 22.6 Å². The highest BCUT2D eigenvalue weighted by Gasteiger charge is 2.12. The maximum absolute atomic E-state index is 11.1. The summed E-state index contributed by atoms with van der Waals surface area (Å²) >= 11 is 5.87. The Labute approximate surface area is 138 Å². The molecule has 1 aromatic heterocycles. The number of aromatic carboxylic acids is 1. The van der Waals surface area contributed by atoms with Gasteiger partial charge >= 0.3 is 0 Å². The number of carboxylic acid groups (broad SMARTS) is 1. The normalized spacial score (nSPS) is 10.5. The quantitative estimate of drug-likeness (QED) is 0.778. The van der Waals surface area contributed by atoms with Gasteiger partial charge in [0.15, 0.2) is 5.58 Å². The number of carboxylic acids is 1. The molecule has 0 radical (unpaired) electrons. The number of halogens is 1. The van der Waals surface area contributed by atoms with Crippen LogP contribution >= 0.6 is 11.6 Å². The van der Waals surface area contributed by atoms with Crippen molar-refractivity contribution >= 4 is 28.7 Å². The van der Waals surface area contributed by atoms with Crippen LogP contribution in [0.3, 0.4) is 0 Å². The molecule has 0 amide bonds. The van der Waals surface area contributed by atoms with E-state index in [0.717, 1.165) is 0 Å². The van der Waals surface area contributed by atoms with E-state index < -0.39 is 5.97 Å². The smallest absolute Gasteiger partial charge is 0.227 e. The zero-order valence-corrected chi connectivity index (χ0v) is 13.6. The first-order chi connectivity index (χ1) is 10.9. The lowest BCUT2D eigenvalue weighted by atomic mass is 10.1. The molecule has 0 aliphatic heterocycles. The molecule has 0 bridgehead atoms. The highest BCUT2D eigenvalue weighted by Crippen LogP contribution is 2.28. The molecule has 0 fully saturated rings. The number of oxazole rings is 1. The van der Waals surface area contributed by atoms with Crippen LogP contribution in [-0.4, -0.2) is 17.0 Å². The summed E-state index contributed by atoms with van der Waals surface area (Å²) in [5.41, 5.74) is 5.19. The van der Waals surface area contributed by atoms with Gasteiger partial charge in [-0.25, -0.2) is 4.98 Å². The van der Waals surface area contributed by atoms with Crippen molar-refractivity contribution in [1.29, 1.82) is 0 Å². The van der Waals surface area contributed by atoms with Crippen molar-refractivity contribution in [3.8, 4) is 11.5 Å². The molecule has 0 saturated carbocycles. The minimum Gasteiger partial charge on any atom is -0.545 e. The fourth-order valence-corrected chi connectivity index (χ4v) is 2.03. The number of carbonyl (C=O) groups excluding carboxylic acids is 1. The van der Waals surface area contributed by atoms with Crippen molar-refractivity contribution < 1.29 is 20.1 Å². The summed E-state index contributed by atoms with van der Waals surface area (Å²) in [4.78, 5) is 15.3. The largest absolute Gasteiger partial charge is 0.545 e. The van der Waals surface area contributed by atoms with Gasteiger partial charge in [0.05, 0.1) is 12.0 Å². The summed E-state index contributed by atoms with van der Waals surface area (Å²) < 4.78 is 5.54. The van der Waals surface area contributed by atoms with Gasteiger partial charge < -0.3 is 20.1 Å². The Morgan fingerprint density at radius 3 is 2.57 bits per heavy atom. The van der Waals surface area contributed by atoms with E-state index in [0.29, 0.717) is 27.7 Å². The standard InChI is InChI=1S/C14H8ClNO3.C3H9N/c15-8-5-6-12-11(7-8)16-13(19-12)9-3-1-2-4-10(9)14(17)18;1-3(2)4/h1-7H,(H,17,18);3H,4H2,1-2H3. The van der Waals surface area contributed by atoms with E-state index in [1.165, 1.54) is 6.07 Å². The maximum Gasteiger partial charge on any atom is 0.227 e. The number of aromatic nitrogens is 1. The highest BCUT2D eigenvalue weighted by molar-refractivity contribution is 6.31. The van der Waals surface area contributed by atoms with Crippen molar-refractivity contribution in [1.82, 2.24) is 4.98 Å². The number of fused-ring (bicyclic) bond motifs is 1. The minimum atomic E-state index is -1.27. The molecule has 3 N–H and O–H groups in total. The highest BCUT2D eigenvalue weighted by atomic mass is 35.5. The average molecular weight is 333 g/mol. The van der Waals surface area contributed by atoms with Gasteiger partial charge in [-0.1, -0.05) is 29.8 Å². The molecule has 0 aliphatic rings. The fraction of sp³-hybridized carbons (Fsp3) is 0.176. The lowest BCUT2D eigenvalue weighted by Crippen LogP contribution is -2.57. The van der Waals surface area contributed by atoms with Crippen LogP contribution in [0.4, 0.5) is 0 Å². The van der Waals surface area contributed by atoms with Crippen LogP contribution in [-0.2, 0) is 0 Å². The van der Waals surface area contributed by atoms with E-state index in [1.807, 2.05) is 0 Å². The first kappa shape index (κ1) is 17.0. The molecular formula is C17H17ClN2O3. The Morgan fingerprint density at radius 2 is 1.91 bits per heavy atom. The van der Waals surface area contributed by atoms with E-state index in [1.54, 1.807) is 36.4 Å². The number of hydrogen-bond donors (Lipinski definition) is 1. The van der Waals surface area contributed by atoms with Crippen LogP contribution in [0.5, 0.6) is 0 Å². The SMILES string of the molecule is CC(C)[NH3+].O=C([O-])c1ccccc1-c1nc2cc(Cl)ccc2o1. The Morgan fingerprint density at radius 1 is 1.26 bits per heavy atom. The second kappa shape index (κ2) is 7.26. The fourth-order valence-electron chi connectivity index (χ4n) is 1.86. The average Bonchev–Trinajstić information content (AvgIpc) is 2.89. The third-order valence-electron chi connectivity index (χ3n) is 2.73. The monoisotopic (exact) mass is 332 g/mol. The second-order valence-electron chi connectivity index (χ2n) is 5.36. The van der Waals surface area contributed by atoms with Gasteiger partial charge in [0.25, 0.3) is 0 Å². The van der Waals surface area contributed by atoms with Gasteiger partial charge in [-0.15, -0.1) is 0 Å². The molecule has 1 heterocycles. The summed E-state index contributed by atoms with van der Waals surface area (Å²) in [6, 6.07) is 12.0. The summed E-state index contributed by atoms with van der Waals surface area (Å²) in [6.45, 7) is 4.11. The predicted molar refractivity (Wildman–Crippen MR) is 86.8 cm³/mol. The van der Waals surface area contributed by atoms with Crippen molar-refractivity contribution in [2.75, 3.05) is 0 Å². The van der Waals surface area contributed by atoms with Gasteiger partial charge in [0.2, 0.25) is 5.89 Å². The molecule has 0 unspecified atom stereocenters. The summed E-state index contributed by atoms with van der Waals surface area (Å²) in [5, 5.41) is 11.6. The van der Waals surface area contributed by atoms with E-state index >= 15 is 0 Å². The molecule has 3 rings (SSSR count). The molecule has 3 aromatic rings. The topological polar surface area (TPSA) is 93.8 Å². The molecule has 0 aliphatic carbocycles. The van der Waals surface area contributed by atoms with Crippen LogP contribution in [0, 0.1) is 0 Å². The van der Waals surface area contributed by atoms with E-state index in [-0.39, 0.29) is 11.5 Å². The number of quaternary nitrogens is 1. The third kappa shape index (κ3) is 4.31. The van der Waals surface area contributed by atoms with Gasteiger partial charge in [-0.3, -0.25) is 0 Å². The molecule has 23 heavy (non-hydrogen) atoms. The minimum absolute atomic E-state index is 0.0418. The lowest BCUT2D eigenvalue weighted by molar-refractivity contribution is -0.407. The summed E-state index contributed by atoms with van der Waals surface area (Å²) in [5.74, 6) is -1.03. The third-order valence-corrected chi connectivity index (χ3v) is 2.96. The van der Waals surface area contributed by atoms with Crippen molar-refractivity contribution in [3.63, 3.8) is 0 Å². The zero-order valence-electron chi connectivity index (χ0n) is 12.9. The zero-order chi connectivity index (χ0) is 17.0. The van der Waals surface area contributed by atoms with Gasteiger partial charge in [0, 0.05) is 16.1 Å². The van der Waals surface area contributed by atoms with Crippen LogP contribution in [0.2, 0.25) is 5.02 Å². The number of benzene rings is 2. The lowest BCUT2D eigenvalue weighted by Gasteiger charge is -2.06. The van der Waals surface area contributed by atoms with Crippen molar-refractivity contribution in [2.24, 2.45) is 0 Å². The van der Waals surface area contributed by atoms with Crippen LogP contribution in [0.15, 0.2) is 46.9 Å². The Balaban J connectivity index is 0.000000433. The number of nitrogens with zero attached hydrogens (tertiary/aromatic N) is 1. The van der Waals surface area contributed by atoms with Gasteiger partial charge in [-0.05, 0) is 38.1 Å². The van der Waals surface area contributed by atoms with E-state index in [2.05, 4.69) is 24.6 Å². The first-order valence-electron chi connectivity index (χ1n) is 7.08. The molecular weight excluding hydrogens is 316 g/mol. The second-order valence-corrected chi connectivity index (χ2v) is 5.79. The van der Waals surface area contributed by atoms with Crippen LogP contribution in [0.1, 0.15) is 24.2 Å². The number of rotatable bonds is 2. The summed E-state index contributed by atoms with van der Waals surface area (Å²) in [7, 11) is 0. The Hall–Kier alpha value is -2.37. The Kier molecular flexibility index (Phi) is 5.36. The van der Waals surface area contributed by atoms with Gasteiger partial charge in [-0.2, -0.15) is 0 Å². The summed E-state index contributed by atoms with van der Waals surface area (Å²) in [6.07, 6.45) is 0. The molecule has 0 saturated heterocycles. The first-order valence-corrected chi connectivity index (χ1v) is 7.46. The van der Waals surface area contributed by atoms with Crippen LogP contribution < -0.4 is 10.8 Å². The molecule has 0 spiro atoms. The number of hydrogen-bond acceptors (Lipinski definition) is 4. The molecule has 2 aromatic carbocycles.